The molecular formula is C13H12ClNO3. The van der Waals surface area contributed by atoms with Gasteiger partial charge in [-0.3, -0.25) is 0 Å². The van der Waals surface area contributed by atoms with E-state index in [2.05, 4.69) is 0 Å². The third-order valence-corrected chi connectivity index (χ3v) is 2.36. The van der Waals surface area contributed by atoms with Crippen molar-refractivity contribution in [2.45, 2.75) is 12.8 Å². The van der Waals surface area contributed by atoms with Gasteiger partial charge in [0.15, 0.2) is 0 Å². The molecule has 0 aliphatic carbocycles. The zero-order valence-electron chi connectivity index (χ0n) is 9.60. The maximum absolute atomic E-state index is 10.4. The molecule has 0 atom stereocenters. The van der Waals surface area contributed by atoms with Crippen molar-refractivity contribution in [2.75, 3.05) is 6.61 Å². The van der Waals surface area contributed by atoms with E-state index in [1.807, 2.05) is 6.07 Å². The van der Waals surface area contributed by atoms with Gasteiger partial charge in [-0.15, -0.1) is 0 Å². The Labute approximate surface area is 110 Å². The number of halogens is 1. The summed E-state index contributed by atoms with van der Waals surface area (Å²) in [6.45, 7) is 0.428. The number of benzene rings is 1. The molecule has 0 aliphatic rings. The highest BCUT2D eigenvalue weighted by molar-refractivity contribution is 6.32. The number of carboxylic acid groups (broad SMARTS) is 1. The summed E-state index contributed by atoms with van der Waals surface area (Å²) in [6.07, 6.45) is 3.58. The quantitative estimate of drug-likeness (QED) is 0.634. The lowest BCUT2D eigenvalue weighted by atomic mass is 10.2. The number of rotatable bonds is 6. The third kappa shape index (κ3) is 4.89. The first-order valence-corrected chi connectivity index (χ1v) is 5.71. The molecule has 0 fully saturated rings. The van der Waals surface area contributed by atoms with Gasteiger partial charge < -0.3 is 9.84 Å². The number of carbonyl (C=O) groups is 1. The van der Waals surface area contributed by atoms with Crippen LogP contribution in [0, 0.1) is 11.3 Å². The Bertz CT molecular complexity index is 491. The van der Waals surface area contributed by atoms with E-state index < -0.39 is 5.97 Å². The fourth-order valence-corrected chi connectivity index (χ4v) is 1.48. The zero-order valence-corrected chi connectivity index (χ0v) is 10.4. The smallest absolute Gasteiger partial charge is 0.328 e. The van der Waals surface area contributed by atoms with Gasteiger partial charge in [-0.2, -0.15) is 5.26 Å². The summed E-state index contributed by atoms with van der Waals surface area (Å²) in [6, 6.07) is 7.04. The molecule has 0 unspecified atom stereocenters. The normalized spacial score (nSPS) is 10.2. The molecule has 4 nitrogen and oxygen atoms in total. The fraction of sp³-hybridized carbons (Fsp3) is 0.231. The van der Waals surface area contributed by atoms with Gasteiger partial charge in [-0.1, -0.05) is 17.7 Å². The highest BCUT2D eigenvalue weighted by Crippen LogP contribution is 2.26. The maximum Gasteiger partial charge on any atom is 0.328 e. The Morgan fingerprint density at radius 3 is 2.94 bits per heavy atom. The van der Waals surface area contributed by atoms with Crippen LogP contribution in [0.15, 0.2) is 24.3 Å². The summed E-state index contributed by atoms with van der Waals surface area (Å²) in [5.41, 5.74) is 0.687. The molecule has 0 radical (unpaired) electrons. The molecule has 5 heteroatoms. The average molecular weight is 266 g/mol. The monoisotopic (exact) mass is 265 g/mol. The number of unbranched alkanes of at least 4 members (excludes halogenated alkanes) is 1. The molecule has 0 bridgehead atoms. The van der Waals surface area contributed by atoms with E-state index in [1.54, 1.807) is 18.2 Å². The molecule has 0 aliphatic heterocycles. The van der Waals surface area contributed by atoms with Crippen LogP contribution in [0.1, 0.15) is 18.4 Å². The van der Waals surface area contributed by atoms with Crippen LogP contribution < -0.4 is 4.74 Å². The van der Waals surface area contributed by atoms with Crippen LogP contribution in [-0.4, -0.2) is 17.7 Å². The van der Waals surface area contributed by atoms with E-state index in [-0.39, 0.29) is 0 Å². The predicted molar refractivity (Wildman–Crippen MR) is 68.5 cm³/mol. The summed E-state index contributed by atoms with van der Waals surface area (Å²) in [5, 5.41) is 17.3. The number of aliphatic carboxylic acids is 1. The Kier molecular flexibility index (Phi) is 5.75. The van der Waals surface area contributed by atoms with E-state index in [0.29, 0.717) is 35.8 Å². The summed E-state index contributed by atoms with van der Waals surface area (Å²) in [4.78, 5) is 10.4. The van der Waals surface area contributed by atoms with E-state index in [0.717, 1.165) is 6.08 Å². The topological polar surface area (TPSA) is 70.3 Å². The molecule has 1 N–H and O–H groups in total. The second-order valence-corrected chi connectivity index (χ2v) is 3.88. The molecule has 0 amide bonds. The number of nitriles is 1. The van der Waals surface area contributed by atoms with Gasteiger partial charge >= 0.3 is 5.97 Å². The van der Waals surface area contributed by atoms with Crippen LogP contribution in [0.2, 0.25) is 5.02 Å². The number of hydrogen-bond donors (Lipinski definition) is 1. The Morgan fingerprint density at radius 2 is 2.33 bits per heavy atom. The molecule has 0 saturated heterocycles. The van der Waals surface area contributed by atoms with Crippen molar-refractivity contribution in [1.82, 2.24) is 0 Å². The summed E-state index contributed by atoms with van der Waals surface area (Å²) in [7, 11) is 0. The second-order valence-electron chi connectivity index (χ2n) is 3.47. The summed E-state index contributed by atoms with van der Waals surface area (Å²) in [5.74, 6) is -0.481. The highest BCUT2D eigenvalue weighted by atomic mass is 35.5. The summed E-state index contributed by atoms with van der Waals surface area (Å²) < 4.78 is 5.40. The zero-order chi connectivity index (χ0) is 13.4. The van der Waals surface area contributed by atoms with Crippen LogP contribution in [0.5, 0.6) is 5.75 Å². The van der Waals surface area contributed by atoms with Crippen molar-refractivity contribution in [3.05, 3.63) is 34.9 Å². The van der Waals surface area contributed by atoms with E-state index in [9.17, 15) is 4.79 Å². The minimum absolute atomic E-state index is 0.416. The number of nitrogens with zero attached hydrogens (tertiary/aromatic N) is 1. The average Bonchev–Trinajstić information content (AvgIpc) is 2.34. The van der Waals surface area contributed by atoms with Crippen LogP contribution in [0.3, 0.4) is 0 Å². The first kappa shape index (κ1) is 14.1. The SMILES string of the molecule is N#CCCCOc1ccc(C=CC(=O)O)cc1Cl. The van der Waals surface area contributed by atoms with Gasteiger partial charge in [0.2, 0.25) is 0 Å². The standard InChI is InChI=1S/C13H12ClNO3/c14-11-9-10(4-6-13(16)17)3-5-12(11)18-8-2-1-7-15/h3-6,9H,1-2,8H2,(H,16,17). The predicted octanol–water partition coefficient (Wildman–Crippen LogP) is 3.12. The molecule has 0 aromatic heterocycles. The highest BCUT2D eigenvalue weighted by Gasteiger charge is 2.02. The minimum Gasteiger partial charge on any atom is -0.492 e. The molecule has 1 aromatic rings. The molecule has 0 saturated carbocycles. The lowest BCUT2D eigenvalue weighted by Crippen LogP contribution is -1.97. The van der Waals surface area contributed by atoms with Crippen LogP contribution in [0.25, 0.3) is 6.08 Å². The number of ether oxygens (including phenoxy) is 1. The van der Waals surface area contributed by atoms with Crippen molar-refractivity contribution in [2.24, 2.45) is 0 Å². The minimum atomic E-state index is -1.01. The molecular weight excluding hydrogens is 254 g/mol. The van der Waals surface area contributed by atoms with Crippen molar-refractivity contribution in [3.63, 3.8) is 0 Å². The Morgan fingerprint density at radius 1 is 1.56 bits per heavy atom. The number of carboxylic acids is 1. The first-order chi connectivity index (χ1) is 8.63. The molecule has 0 heterocycles. The molecule has 1 rings (SSSR count). The largest absolute Gasteiger partial charge is 0.492 e. The molecule has 94 valence electrons. The molecule has 1 aromatic carbocycles. The van der Waals surface area contributed by atoms with Crippen molar-refractivity contribution >= 4 is 23.6 Å². The van der Waals surface area contributed by atoms with Crippen LogP contribution >= 0.6 is 11.6 Å². The van der Waals surface area contributed by atoms with Crippen molar-refractivity contribution < 1.29 is 14.6 Å². The Balaban J connectivity index is 2.62. The van der Waals surface area contributed by atoms with Gasteiger partial charge in [-0.25, -0.2) is 4.79 Å². The van der Waals surface area contributed by atoms with Crippen molar-refractivity contribution in [3.8, 4) is 11.8 Å². The molecule has 18 heavy (non-hydrogen) atoms. The van der Waals surface area contributed by atoms with Gasteiger partial charge in [0, 0.05) is 12.5 Å². The van der Waals surface area contributed by atoms with Crippen LogP contribution in [0.4, 0.5) is 0 Å². The van der Waals surface area contributed by atoms with Gasteiger partial charge in [0.05, 0.1) is 17.7 Å². The number of hydrogen-bond acceptors (Lipinski definition) is 3. The van der Waals surface area contributed by atoms with Crippen molar-refractivity contribution in [1.29, 1.82) is 5.26 Å². The van der Waals surface area contributed by atoms with E-state index in [4.69, 9.17) is 26.7 Å². The van der Waals surface area contributed by atoms with Gasteiger partial charge in [0.1, 0.15) is 5.75 Å². The third-order valence-electron chi connectivity index (χ3n) is 2.06. The fourth-order valence-electron chi connectivity index (χ4n) is 1.24. The summed E-state index contributed by atoms with van der Waals surface area (Å²) >= 11 is 5.99. The maximum atomic E-state index is 10.4. The van der Waals surface area contributed by atoms with Gasteiger partial charge in [0.25, 0.3) is 0 Å². The Hall–Kier alpha value is -1.99. The van der Waals surface area contributed by atoms with E-state index >= 15 is 0 Å². The van der Waals surface area contributed by atoms with Crippen LogP contribution in [-0.2, 0) is 4.79 Å². The van der Waals surface area contributed by atoms with Gasteiger partial charge in [-0.05, 0) is 30.2 Å². The lowest BCUT2D eigenvalue weighted by Gasteiger charge is -2.07. The van der Waals surface area contributed by atoms with E-state index in [1.165, 1.54) is 6.08 Å². The molecule has 0 spiro atoms. The first-order valence-electron chi connectivity index (χ1n) is 5.34. The second kappa shape index (κ2) is 7.36. The lowest BCUT2D eigenvalue weighted by molar-refractivity contribution is -0.131.